The van der Waals surface area contributed by atoms with Crippen molar-refractivity contribution < 1.29 is 0 Å². The van der Waals surface area contributed by atoms with E-state index in [1.165, 1.54) is 11.1 Å². The second-order valence-corrected chi connectivity index (χ2v) is 6.47. The number of nitrogens with one attached hydrogen (secondary N) is 1. The van der Waals surface area contributed by atoms with Crippen LogP contribution in [0.3, 0.4) is 0 Å². The average molecular weight is 313 g/mol. The maximum Gasteiger partial charge on any atom is 0.328 e. The van der Waals surface area contributed by atoms with Gasteiger partial charge in [0.25, 0.3) is 5.56 Å². The van der Waals surface area contributed by atoms with Crippen LogP contribution in [-0.2, 0) is 6.54 Å². The zero-order chi connectivity index (χ0) is 16.4. The van der Waals surface area contributed by atoms with E-state index in [0.717, 1.165) is 32.5 Å². The summed E-state index contributed by atoms with van der Waals surface area (Å²) >= 11 is 0. The molecule has 0 atom stereocenters. The third-order valence-electron chi connectivity index (χ3n) is 4.62. The molecule has 0 radical (unpaired) electrons. The summed E-state index contributed by atoms with van der Waals surface area (Å²) in [6.45, 7) is 6.71. The van der Waals surface area contributed by atoms with Gasteiger partial charge in [-0.1, -0.05) is 29.8 Å². The first-order chi connectivity index (χ1) is 11.0. The van der Waals surface area contributed by atoms with E-state index < -0.39 is 0 Å². The number of aromatic nitrogens is 2. The van der Waals surface area contributed by atoms with E-state index in [0.29, 0.717) is 5.56 Å². The van der Waals surface area contributed by atoms with Gasteiger partial charge in [-0.3, -0.25) is 19.2 Å². The highest BCUT2D eigenvalue weighted by molar-refractivity contribution is 5.21. The average Bonchev–Trinajstić information content (AvgIpc) is 2.54. The number of aromatic amines is 1. The van der Waals surface area contributed by atoms with Crippen LogP contribution in [0.2, 0.25) is 0 Å². The summed E-state index contributed by atoms with van der Waals surface area (Å²) in [6.07, 6.45) is 3.55. The Labute approximate surface area is 135 Å². The number of hydrogen-bond acceptors (Lipinski definition) is 3. The van der Waals surface area contributed by atoms with Crippen molar-refractivity contribution in [2.45, 2.75) is 39.3 Å². The normalized spacial score (nSPS) is 16.6. The van der Waals surface area contributed by atoms with Crippen LogP contribution in [0.4, 0.5) is 0 Å². The van der Waals surface area contributed by atoms with Crippen molar-refractivity contribution in [3.8, 4) is 0 Å². The molecule has 5 heteroatoms. The molecule has 1 saturated heterocycles. The van der Waals surface area contributed by atoms with E-state index in [1.54, 1.807) is 17.7 Å². The minimum absolute atomic E-state index is 0.173. The molecule has 1 aliphatic heterocycles. The van der Waals surface area contributed by atoms with Crippen LogP contribution in [0.25, 0.3) is 0 Å². The molecule has 0 saturated carbocycles. The Balaban J connectivity index is 1.64. The zero-order valence-electron chi connectivity index (χ0n) is 13.7. The molecule has 0 amide bonds. The molecular formula is C18H23N3O2. The van der Waals surface area contributed by atoms with Crippen LogP contribution in [0.1, 0.15) is 35.6 Å². The number of likely N-dealkylation sites (tertiary alicyclic amines) is 1. The van der Waals surface area contributed by atoms with Crippen molar-refractivity contribution in [1.82, 2.24) is 14.5 Å². The van der Waals surface area contributed by atoms with Gasteiger partial charge in [0.05, 0.1) is 0 Å². The van der Waals surface area contributed by atoms with Gasteiger partial charge in [-0.15, -0.1) is 0 Å². The summed E-state index contributed by atoms with van der Waals surface area (Å²) in [7, 11) is 0. The molecule has 1 aromatic carbocycles. The van der Waals surface area contributed by atoms with Gasteiger partial charge in [0, 0.05) is 37.4 Å². The zero-order valence-corrected chi connectivity index (χ0v) is 13.7. The van der Waals surface area contributed by atoms with Crippen molar-refractivity contribution in [2.24, 2.45) is 0 Å². The molecule has 5 nitrogen and oxygen atoms in total. The largest absolute Gasteiger partial charge is 0.328 e. The van der Waals surface area contributed by atoms with Gasteiger partial charge in [0.1, 0.15) is 0 Å². The van der Waals surface area contributed by atoms with Crippen molar-refractivity contribution in [3.05, 3.63) is 68.0 Å². The van der Waals surface area contributed by atoms with Crippen molar-refractivity contribution >= 4 is 0 Å². The van der Waals surface area contributed by atoms with E-state index in [2.05, 4.69) is 41.1 Å². The summed E-state index contributed by atoms with van der Waals surface area (Å²) in [6, 6.07) is 8.82. The van der Waals surface area contributed by atoms with Crippen LogP contribution in [0.5, 0.6) is 0 Å². The molecule has 2 heterocycles. The second-order valence-electron chi connectivity index (χ2n) is 6.47. The van der Waals surface area contributed by atoms with E-state index in [4.69, 9.17) is 0 Å². The number of hydrogen-bond donors (Lipinski definition) is 1. The minimum Gasteiger partial charge on any atom is -0.299 e. The van der Waals surface area contributed by atoms with Crippen LogP contribution in [-0.4, -0.2) is 27.5 Å². The Kier molecular flexibility index (Phi) is 4.48. The van der Waals surface area contributed by atoms with Gasteiger partial charge in [0.2, 0.25) is 0 Å². The number of nitrogens with zero attached hydrogens (tertiary/aromatic N) is 2. The standard InChI is InChI=1S/C18H23N3O2/c1-13-3-5-15(6-4-13)12-20-9-7-16(8-10-20)21-11-14(2)17(22)19-18(21)23/h3-6,11,16H,7-10,12H2,1-2H3,(H,19,22,23). The van der Waals surface area contributed by atoms with Gasteiger partial charge in [-0.2, -0.15) is 0 Å². The van der Waals surface area contributed by atoms with Crippen LogP contribution < -0.4 is 11.2 Å². The molecule has 23 heavy (non-hydrogen) atoms. The molecule has 0 unspecified atom stereocenters. The highest BCUT2D eigenvalue weighted by Crippen LogP contribution is 2.22. The molecule has 1 N–H and O–H groups in total. The smallest absolute Gasteiger partial charge is 0.299 e. The lowest BCUT2D eigenvalue weighted by Crippen LogP contribution is -2.39. The lowest BCUT2D eigenvalue weighted by molar-refractivity contribution is 0.177. The fraction of sp³-hybridized carbons (Fsp3) is 0.444. The molecule has 0 aliphatic carbocycles. The van der Waals surface area contributed by atoms with Crippen LogP contribution in [0.15, 0.2) is 40.1 Å². The Morgan fingerprint density at radius 2 is 1.74 bits per heavy atom. The fourth-order valence-corrected chi connectivity index (χ4v) is 3.16. The summed E-state index contributed by atoms with van der Waals surface area (Å²) in [5, 5.41) is 0. The van der Waals surface area contributed by atoms with Gasteiger partial charge >= 0.3 is 5.69 Å². The molecular weight excluding hydrogens is 290 g/mol. The fourth-order valence-electron chi connectivity index (χ4n) is 3.16. The van der Waals surface area contributed by atoms with Gasteiger partial charge in [0.15, 0.2) is 0 Å². The minimum atomic E-state index is -0.294. The first-order valence-corrected chi connectivity index (χ1v) is 8.13. The maximum atomic E-state index is 12.0. The molecule has 2 aromatic rings. The molecule has 0 bridgehead atoms. The van der Waals surface area contributed by atoms with Gasteiger partial charge in [-0.25, -0.2) is 4.79 Å². The number of H-pyrrole nitrogens is 1. The third kappa shape index (κ3) is 3.62. The molecule has 1 aliphatic rings. The molecule has 0 spiro atoms. The van der Waals surface area contributed by atoms with E-state index >= 15 is 0 Å². The summed E-state index contributed by atoms with van der Waals surface area (Å²) in [5.41, 5.74) is 2.61. The van der Waals surface area contributed by atoms with Crippen molar-refractivity contribution in [3.63, 3.8) is 0 Å². The van der Waals surface area contributed by atoms with Crippen molar-refractivity contribution in [2.75, 3.05) is 13.1 Å². The Morgan fingerprint density at radius 3 is 2.39 bits per heavy atom. The quantitative estimate of drug-likeness (QED) is 0.943. The van der Waals surface area contributed by atoms with E-state index in [-0.39, 0.29) is 17.3 Å². The first-order valence-electron chi connectivity index (χ1n) is 8.13. The van der Waals surface area contributed by atoms with Crippen molar-refractivity contribution in [1.29, 1.82) is 0 Å². The molecule has 1 fully saturated rings. The van der Waals surface area contributed by atoms with Crippen LogP contribution >= 0.6 is 0 Å². The Morgan fingerprint density at radius 1 is 1.09 bits per heavy atom. The summed E-state index contributed by atoms with van der Waals surface area (Å²) in [4.78, 5) is 28.3. The predicted octanol–water partition coefficient (Wildman–Crippen LogP) is 1.99. The monoisotopic (exact) mass is 313 g/mol. The molecule has 122 valence electrons. The van der Waals surface area contributed by atoms with Gasteiger partial charge < -0.3 is 0 Å². The van der Waals surface area contributed by atoms with E-state index in [1.807, 2.05) is 0 Å². The number of rotatable bonds is 3. The Bertz CT molecular complexity index is 781. The van der Waals surface area contributed by atoms with Gasteiger partial charge in [-0.05, 0) is 32.3 Å². The molecule has 3 rings (SSSR count). The second kappa shape index (κ2) is 6.54. The maximum absolute atomic E-state index is 12.0. The third-order valence-corrected chi connectivity index (χ3v) is 4.62. The topological polar surface area (TPSA) is 58.1 Å². The van der Waals surface area contributed by atoms with Crippen LogP contribution in [0, 0.1) is 13.8 Å². The SMILES string of the molecule is Cc1ccc(CN2CCC(n3cc(C)c(=O)[nH]c3=O)CC2)cc1. The lowest BCUT2D eigenvalue weighted by atomic mass is 10.0. The summed E-state index contributed by atoms with van der Waals surface area (Å²) < 4.78 is 1.69. The lowest BCUT2D eigenvalue weighted by Gasteiger charge is -2.32. The summed E-state index contributed by atoms with van der Waals surface area (Å²) in [5.74, 6) is 0. The predicted molar refractivity (Wildman–Crippen MR) is 90.8 cm³/mol. The first kappa shape index (κ1) is 15.7. The number of benzene rings is 1. The number of piperidine rings is 1. The molecule has 1 aromatic heterocycles. The highest BCUT2D eigenvalue weighted by atomic mass is 16.2. The highest BCUT2D eigenvalue weighted by Gasteiger charge is 2.21. The number of aryl methyl sites for hydroxylation is 2. The van der Waals surface area contributed by atoms with E-state index in [9.17, 15) is 9.59 Å². The Hall–Kier alpha value is -2.14.